The lowest BCUT2D eigenvalue weighted by molar-refractivity contribution is -0.137. The molecular formula is C28H28ClF3N2O. The van der Waals surface area contributed by atoms with Crippen molar-refractivity contribution in [1.82, 2.24) is 4.90 Å². The number of benzene rings is 3. The third-order valence-corrected chi connectivity index (χ3v) is 7.03. The fourth-order valence-electron chi connectivity index (χ4n) is 4.99. The van der Waals surface area contributed by atoms with Gasteiger partial charge in [-0.2, -0.15) is 13.2 Å². The summed E-state index contributed by atoms with van der Waals surface area (Å²) in [5, 5.41) is 3.38. The summed E-state index contributed by atoms with van der Waals surface area (Å²) in [6.45, 7) is 4.89. The van der Waals surface area contributed by atoms with Crippen LogP contribution in [0.2, 0.25) is 5.02 Å². The van der Waals surface area contributed by atoms with E-state index in [9.17, 15) is 18.0 Å². The Morgan fingerprint density at radius 1 is 1.03 bits per heavy atom. The van der Waals surface area contributed by atoms with Crippen molar-refractivity contribution in [3.05, 3.63) is 99.6 Å². The van der Waals surface area contributed by atoms with Crippen molar-refractivity contribution >= 4 is 23.2 Å². The van der Waals surface area contributed by atoms with Gasteiger partial charge in [-0.15, -0.1) is 0 Å². The Labute approximate surface area is 208 Å². The number of carbonyl (C=O) groups excluding carboxylic acids is 1. The predicted molar refractivity (Wildman–Crippen MR) is 134 cm³/mol. The Balaban J connectivity index is 1.65. The first kappa shape index (κ1) is 25.1. The van der Waals surface area contributed by atoms with Gasteiger partial charge >= 0.3 is 6.18 Å². The van der Waals surface area contributed by atoms with Gasteiger partial charge in [-0.25, -0.2) is 0 Å². The number of nitrogens with zero attached hydrogens (tertiary/aromatic N) is 1. The van der Waals surface area contributed by atoms with Crippen molar-refractivity contribution in [3.63, 3.8) is 0 Å². The number of aryl methyl sites for hydroxylation is 2. The maximum atomic E-state index is 13.8. The Morgan fingerprint density at radius 3 is 2.37 bits per heavy atom. The van der Waals surface area contributed by atoms with Crippen LogP contribution >= 0.6 is 11.6 Å². The van der Waals surface area contributed by atoms with Crippen LogP contribution < -0.4 is 5.32 Å². The van der Waals surface area contributed by atoms with E-state index in [-0.39, 0.29) is 28.6 Å². The lowest BCUT2D eigenvalue weighted by Crippen LogP contribution is -2.45. The van der Waals surface area contributed by atoms with Crippen molar-refractivity contribution < 1.29 is 18.0 Å². The molecular weight excluding hydrogens is 473 g/mol. The number of likely N-dealkylation sites (tertiary alicyclic amines) is 1. The van der Waals surface area contributed by atoms with Crippen LogP contribution in [0.1, 0.15) is 51.5 Å². The molecule has 3 aromatic carbocycles. The highest BCUT2D eigenvalue weighted by molar-refractivity contribution is 6.33. The molecule has 1 aliphatic heterocycles. The van der Waals surface area contributed by atoms with E-state index in [2.05, 4.69) is 5.32 Å². The van der Waals surface area contributed by atoms with Gasteiger partial charge in [0.25, 0.3) is 5.91 Å². The SMILES string of the molecule is Cc1cccc(C)c1C(=O)N1CCCC(CNc2cc(C(F)(F)F)ccc2Cl)[C@@H]1c1ccccc1. The second-order valence-electron chi connectivity index (χ2n) is 9.10. The number of rotatable bonds is 5. The normalized spacial score (nSPS) is 18.4. The van der Waals surface area contributed by atoms with Gasteiger partial charge in [0.05, 0.1) is 22.3 Å². The third-order valence-electron chi connectivity index (χ3n) is 6.70. The van der Waals surface area contributed by atoms with E-state index in [4.69, 9.17) is 11.6 Å². The van der Waals surface area contributed by atoms with E-state index in [0.717, 1.165) is 41.7 Å². The Hall–Kier alpha value is -2.99. The number of hydrogen-bond acceptors (Lipinski definition) is 2. The van der Waals surface area contributed by atoms with E-state index in [1.54, 1.807) is 0 Å². The van der Waals surface area contributed by atoms with E-state index in [0.29, 0.717) is 18.7 Å². The molecule has 1 unspecified atom stereocenters. The van der Waals surface area contributed by atoms with Crippen LogP contribution in [-0.4, -0.2) is 23.9 Å². The monoisotopic (exact) mass is 500 g/mol. The van der Waals surface area contributed by atoms with Crippen molar-refractivity contribution in [1.29, 1.82) is 0 Å². The van der Waals surface area contributed by atoms with Crippen molar-refractivity contribution in [2.45, 2.75) is 38.9 Å². The number of anilines is 1. The molecule has 1 heterocycles. The van der Waals surface area contributed by atoms with Crippen LogP contribution in [0.4, 0.5) is 18.9 Å². The molecule has 7 heteroatoms. The van der Waals surface area contributed by atoms with E-state index >= 15 is 0 Å². The lowest BCUT2D eigenvalue weighted by Gasteiger charge is -2.42. The molecule has 1 saturated heterocycles. The van der Waals surface area contributed by atoms with Crippen molar-refractivity contribution in [2.24, 2.45) is 5.92 Å². The first-order valence-electron chi connectivity index (χ1n) is 11.7. The van der Waals surface area contributed by atoms with Gasteiger partial charge in [0, 0.05) is 24.6 Å². The van der Waals surface area contributed by atoms with Crippen LogP contribution in [0.25, 0.3) is 0 Å². The number of nitrogens with one attached hydrogen (secondary N) is 1. The number of amides is 1. The minimum atomic E-state index is -4.45. The molecule has 0 aromatic heterocycles. The molecule has 0 bridgehead atoms. The summed E-state index contributed by atoms with van der Waals surface area (Å²) in [6, 6.07) is 18.7. The Morgan fingerprint density at radius 2 is 1.71 bits per heavy atom. The first-order chi connectivity index (χ1) is 16.7. The summed E-state index contributed by atoms with van der Waals surface area (Å²) in [5.41, 5.74) is 3.07. The van der Waals surface area contributed by atoms with Gasteiger partial charge in [-0.05, 0) is 61.6 Å². The first-order valence-corrected chi connectivity index (χ1v) is 12.1. The molecule has 184 valence electrons. The molecule has 1 fully saturated rings. The number of carbonyl (C=O) groups is 1. The third kappa shape index (κ3) is 5.48. The fraction of sp³-hybridized carbons (Fsp3) is 0.321. The predicted octanol–water partition coefficient (Wildman–Crippen LogP) is 7.68. The molecule has 2 atom stereocenters. The zero-order chi connectivity index (χ0) is 25.2. The van der Waals surface area contributed by atoms with E-state index < -0.39 is 11.7 Å². The smallest absolute Gasteiger partial charge is 0.383 e. The van der Waals surface area contributed by atoms with Crippen LogP contribution in [0.3, 0.4) is 0 Å². The van der Waals surface area contributed by atoms with Gasteiger partial charge in [0.2, 0.25) is 0 Å². The molecule has 4 rings (SSSR count). The number of hydrogen-bond donors (Lipinski definition) is 1. The standard InChI is InChI=1S/C28H28ClF3N2O/c1-18-8-6-9-19(2)25(18)27(35)34-15-7-12-21(26(34)20-10-4-3-5-11-20)17-33-24-16-22(28(30,31)32)13-14-23(24)29/h3-6,8-11,13-14,16,21,26,33H,7,12,15,17H2,1-2H3/t21?,26-/m0/s1. The van der Waals surface area contributed by atoms with Crippen LogP contribution in [0, 0.1) is 19.8 Å². The maximum absolute atomic E-state index is 13.8. The largest absolute Gasteiger partial charge is 0.416 e. The van der Waals surface area contributed by atoms with Crippen LogP contribution in [0.5, 0.6) is 0 Å². The average Bonchev–Trinajstić information content (AvgIpc) is 2.83. The van der Waals surface area contributed by atoms with Crippen molar-refractivity contribution in [3.8, 4) is 0 Å². The highest BCUT2D eigenvalue weighted by Crippen LogP contribution is 2.39. The van der Waals surface area contributed by atoms with Gasteiger partial charge in [0.15, 0.2) is 0 Å². The summed E-state index contributed by atoms with van der Waals surface area (Å²) in [7, 11) is 0. The minimum Gasteiger partial charge on any atom is -0.383 e. The molecule has 0 aliphatic carbocycles. The Kier molecular flexibility index (Phi) is 7.41. The van der Waals surface area contributed by atoms with Gasteiger partial charge in [-0.1, -0.05) is 60.1 Å². The molecule has 0 radical (unpaired) electrons. The van der Waals surface area contributed by atoms with Crippen LogP contribution in [0.15, 0.2) is 66.7 Å². The maximum Gasteiger partial charge on any atom is 0.416 e. The summed E-state index contributed by atoms with van der Waals surface area (Å²) < 4.78 is 39.7. The highest BCUT2D eigenvalue weighted by atomic mass is 35.5. The number of halogens is 4. The molecule has 0 spiro atoms. The van der Waals surface area contributed by atoms with Gasteiger partial charge in [-0.3, -0.25) is 4.79 Å². The molecule has 1 N–H and O–H groups in total. The zero-order valence-electron chi connectivity index (χ0n) is 19.7. The average molecular weight is 501 g/mol. The summed E-state index contributed by atoms with van der Waals surface area (Å²) in [5.74, 6) is -0.0266. The minimum absolute atomic E-state index is 0.00923. The second kappa shape index (κ2) is 10.3. The molecule has 3 nitrogen and oxygen atoms in total. The van der Waals surface area contributed by atoms with Crippen LogP contribution in [-0.2, 0) is 6.18 Å². The lowest BCUT2D eigenvalue weighted by atomic mass is 9.83. The van der Waals surface area contributed by atoms with E-state index in [1.807, 2.05) is 67.3 Å². The summed E-state index contributed by atoms with van der Waals surface area (Å²) in [6.07, 6.45) is -2.81. The quantitative estimate of drug-likeness (QED) is 0.389. The highest BCUT2D eigenvalue weighted by Gasteiger charge is 2.37. The fourth-order valence-corrected chi connectivity index (χ4v) is 5.18. The molecule has 1 amide bonds. The number of piperidine rings is 1. The van der Waals surface area contributed by atoms with Gasteiger partial charge in [0.1, 0.15) is 0 Å². The summed E-state index contributed by atoms with van der Waals surface area (Å²) >= 11 is 6.22. The Bertz CT molecular complexity index is 1180. The molecule has 1 aliphatic rings. The molecule has 35 heavy (non-hydrogen) atoms. The zero-order valence-corrected chi connectivity index (χ0v) is 20.5. The summed E-state index contributed by atoms with van der Waals surface area (Å²) in [4.78, 5) is 15.7. The number of alkyl halides is 3. The molecule has 0 saturated carbocycles. The topological polar surface area (TPSA) is 32.3 Å². The van der Waals surface area contributed by atoms with E-state index in [1.165, 1.54) is 6.07 Å². The van der Waals surface area contributed by atoms with Crippen molar-refractivity contribution in [2.75, 3.05) is 18.4 Å². The van der Waals surface area contributed by atoms with Gasteiger partial charge < -0.3 is 10.2 Å². The second-order valence-corrected chi connectivity index (χ2v) is 9.50. The molecule has 3 aromatic rings.